The van der Waals surface area contributed by atoms with E-state index >= 15 is 0 Å². The van der Waals surface area contributed by atoms with E-state index < -0.39 is 10.4 Å². The zero-order chi connectivity index (χ0) is 26.0. The summed E-state index contributed by atoms with van der Waals surface area (Å²) in [6, 6.07) is 0. The molecule has 0 heterocycles. The fourth-order valence-corrected chi connectivity index (χ4v) is 8.78. The summed E-state index contributed by atoms with van der Waals surface area (Å²) in [5.41, 5.74) is 2.60. The standard InChI is InChI=1S/C27H46O.HNO5S/c1-18(2)7-6-8-19(3)23-11-12-24-22-10-9-20-17-21(28)13-15-26(20,4)25(22)14-16-27(23,24)5;2-1-6-7(3,4)5/h9,18-19,21-25,28H,6-8,10-17H2,1-5H3;(H,3,4,5)/t19-,21+,22+,23-,24+,25+,26+,27-;/m1./s1. The third-order valence-electron chi connectivity index (χ3n) is 10.4. The topological polar surface area (TPSA) is 113 Å². The van der Waals surface area contributed by atoms with Crippen molar-refractivity contribution in [2.75, 3.05) is 0 Å². The molecule has 8 heteroatoms. The third kappa shape index (κ3) is 6.30. The van der Waals surface area contributed by atoms with E-state index in [-0.39, 0.29) is 6.10 Å². The fourth-order valence-electron chi connectivity index (χ4n) is 8.70. The number of aliphatic hydroxyl groups is 1. The average Bonchev–Trinajstić information content (AvgIpc) is 3.11. The van der Waals surface area contributed by atoms with Crippen LogP contribution in [-0.4, -0.2) is 24.2 Å². The van der Waals surface area contributed by atoms with Gasteiger partial charge in [0.15, 0.2) is 5.34 Å². The van der Waals surface area contributed by atoms with Gasteiger partial charge in [-0.2, -0.15) is 8.42 Å². The Hall–Kier alpha value is -0.990. The molecule has 202 valence electrons. The quantitative estimate of drug-likeness (QED) is 0.166. The minimum Gasteiger partial charge on any atom is -0.393 e. The molecular weight excluding hydrogens is 466 g/mol. The molecule has 0 spiro atoms. The summed E-state index contributed by atoms with van der Waals surface area (Å²) in [5.74, 6) is 5.46. The van der Waals surface area contributed by atoms with Crippen molar-refractivity contribution in [3.05, 3.63) is 16.6 Å². The summed E-state index contributed by atoms with van der Waals surface area (Å²) >= 11 is 0. The second-order valence-corrected chi connectivity index (χ2v) is 13.8. The molecule has 0 saturated heterocycles. The molecule has 0 aliphatic heterocycles. The molecule has 0 aromatic heterocycles. The van der Waals surface area contributed by atoms with Crippen LogP contribution in [0.5, 0.6) is 0 Å². The minimum atomic E-state index is -4.65. The van der Waals surface area contributed by atoms with Gasteiger partial charge in [-0.25, -0.2) is 4.28 Å². The summed E-state index contributed by atoms with van der Waals surface area (Å²) in [7, 11) is -4.65. The van der Waals surface area contributed by atoms with Gasteiger partial charge in [-0.1, -0.05) is 65.5 Å². The maximum absolute atomic E-state index is 10.2. The highest BCUT2D eigenvalue weighted by atomic mass is 32.3. The molecule has 4 aliphatic rings. The molecule has 4 rings (SSSR count). The summed E-state index contributed by atoms with van der Waals surface area (Å²) in [5, 5.41) is 11.6. The molecule has 8 atom stereocenters. The minimum absolute atomic E-state index is 0.0766. The van der Waals surface area contributed by atoms with Crippen LogP contribution < -0.4 is 0 Å². The molecule has 0 unspecified atom stereocenters. The van der Waals surface area contributed by atoms with Gasteiger partial charge < -0.3 is 5.11 Å². The van der Waals surface area contributed by atoms with Gasteiger partial charge in [-0.05, 0) is 97.7 Å². The number of fused-ring (bicyclic) bond motifs is 5. The summed E-state index contributed by atoms with van der Waals surface area (Å²) < 4.78 is 28.8. The van der Waals surface area contributed by atoms with Crippen LogP contribution >= 0.6 is 0 Å². The molecule has 0 aromatic carbocycles. The van der Waals surface area contributed by atoms with Crippen molar-refractivity contribution >= 4 is 10.4 Å². The first kappa shape index (κ1) is 28.6. The molecule has 0 amide bonds. The first-order valence-electron chi connectivity index (χ1n) is 13.7. The molecule has 2 N–H and O–H groups in total. The van der Waals surface area contributed by atoms with E-state index in [1.54, 1.807) is 5.57 Å². The Morgan fingerprint density at radius 2 is 1.80 bits per heavy atom. The monoisotopic (exact) mass is 513 g/mol. The zero-order valence-corrected chi connectivity index (χ0v) is 23.1. The van der Waals surface area contributed by atoms with Gasteiger partial charge in [0, 0.05) is 0 Å². The van der Waals surface area contributed by atoms with Crippen LogP contribution in [0.25, 0.3) is 0 Å². The first-order valence-corrected chi connectivity index (χ1v) is 15.0. The molecule has 7 nitrogen and oxygen atoms in total. The van der Waals surface area contributed by atoms with Gasteiger partial charge in [-0.15, -0.1) is 4.91 Å². The number of hydrogen-bond acceptors (Lipinski definition) is 6. The molecule has 0 bridgehead atoms. The lowest BCUT2D eigenvalue weighted by atomic mass is 9.47. The lowest BCUT2D eigenvalue weighted by Crippen LogP contribution is -2.50. The van der Waals surface area contributed by atoms with Gasteiger partial charge in [0.1, 0.15) is 0 Å². The molecular formula is C27H47NO6S. The highest BCUT2D eigenvalue weighted by molar-refractivity contribution is 7.80. The SMILES string of the molecule is CC(C)CCC[C@@H](C)[C@H]1CC[C@H]2[C@@H]3CC=C4C[C@@H](O)CC[C@]4(C)[C@H]3CC[C@]12C.O=NOS(=O)(=O)O. The normalized spacial score (nSPS) is 39.3. The fraction of sp³-hybridized carbons (Fsp3) is 0.926. The number of aliphatic hydroxyl groups excluding tert-OH is 1. The molecule has 3 saturated carbocycles. The number of allylic oxidation sites excluding steroid dienone is 1. The molecule has 3 fully saturated rings. The van der Waals surface area contributed by atoms with Crippen LogP contribution in [0.2, 0.25) is 0 Å². The molecule has 0 radical (unpaired) electrons. The molecule has 4 aliphatic carbocycles. The van der Waals surface area contributed by atoms with E-state index in [4.69, 9.17) is 9.46 Å². The van der Waals surface area contributed by atoms with Gasteiger partial charge in [0.05, 0.1) is 6.10 Å². The highest BCUT2D eigenvalue weighted by Gasteiger charge is 2.59. The molecule has 35 heavy (non-hydrogen) atoms. The average molecular weight is 514 g/mol. The lowest BCUT2D eigenvalue weighted by Gasteiger charge is -2.58. The lowest BCUT2D eigenvalue weighted by molar-refractivity contribution is -0.0573. The van der Waals surface area contributed by atoms with Gasteiger partial charge in [0.25, 0.3) is 0 Å². The second-order valence-electron chi connectivity index (χ2n) is 12.8. The Kier molecular flexibility index (Phi) is 9.13. The number of hydrogen-bond donors (Lipinski definition) is 2. The predicted octanol–water partition coefficient (Wildman–Crippen LogP) is 6.88. The highest BCUT2D eigenvalue weighted by Crippen LogP contribution is 2.67. The van der Waals surface area contributed by atoms with E-state index in [2.05, 4.69) is 45.0 Å². The van der Waals surface area contributed by atoms with E-state index in [1.165, 1.54) is 63.1 Å². The third-order valence-corrected chi connectivity index (χ3v) is 10.7. The number of nitrogens with zero attached hydrogens (tertiary/aromatic N) is 1. The van der Waals surface area contributed by atoms with Crippen molar-refractivity contribution in [1.29, 1.82) is 0 Å². The largest absolute Gasteiger partial charge is 0.468 e. The number of rotatable bonds is 7. The maximum atomic E-state index is 10.2. The van der Waals surface area contributed by atoms with Crippen molar-refractivity contribution in [3.63, 3.8) is 0 Å². The maximum Gasteiger partial charge on any atom is 0.468 e. The van der Waals surface area contributed by atoms with E-state index in [1.807, 2.05) is 0 Å². The van der Waals surface area contributed by atoms with Gasteiger partial charge in [0.2, 0.25) is 0 Å². The van der Waals surface area contributed by atoms with E-state index in [0.717, 1.165) is 48.3 Å². The van der Waals surface area contributed by atoms with Crippen LogP contribution in [0.3, 0.4) is 0 Å². The Morgan fingerprint density at radius 1 is 1.09 bits per heavy atom. The van der Waals surface area contributed by atoms with E-state index in [0.29, 0.717) is 10.8 Å². The second kappa shape index (κ2) is 11.2. The first-order chi connectivity index (χ1) is 16.3. The van der Waals surface area contributed by atoms with Crippen LogP contribution in [0.15, 0.2) is 17.0 Å². The predicted molar refractivity (Wildman–Crippen MR) is 137 cm³/mol. The zero-order valence-electron chi connectivity index (χ0n) is 22.3. The Balaban J connectivity index is 0.000000429. The van der Waals surface area contributed by atoms with Crippen LogP contribution in [0, 0.1) is 51.2 Å². The summed E-state index contributed by atoms with van der Waals surface area (Å²) in [6.45, 7) is 12.6. The van der Waals surface area contributed by atoms with Crippen molar-refractivity contribution in [3.8, 4) is 0 Å². The van der Waals surface area contributed by atoms with Gasteiger partial charge >= 0.3 is 10.4 Å². The summed E-state index contributed by atoms with van der Waals surface area (Å²) in [4.78, 5) is 8.81. The Labute approximate surface area is 212 Å². The smallest absolute Gasteiger partial charge is 0.393 e. The van der Waals surface area contributed by atoms with Crippen LogP contribution in [0.4, 0.5) is 0 Å². The van der Waals surface area contributed by atoms with Crippen molar-refractivity contribution in [1.82, 2.24) is 0 Å². The van der Waals surface area contributed by atoms with Crippen molar-refractivity contribution in [2.45, 2.75) is 111 Å². The van der Waals surface area contributed by atoms with E-state index in [9.17, 15) is 13.5 Å². The Morgan fingerprint density at radius 3 is 2.40 bits per heavy atom. The van der Waals surface area contributed by atoms with Crippen LogP contribution in [0.1, 0.15) is 105 Å². The van der Waals surface area contributed by atoms with Crippen molar-refractivity contribution in [2.24, 2.45) is 51.7 Å². The Bertz CT molecular complexity index is 873. The summed E-state index contributed by atoms with van der Waals surface area (Å²) in [6.07, 6.45) is 17.2. The molecule has 0 aromatic rings. The van der Waals surface area contributed by atoms with Gasteiger partial charge in [-0.3, -0.25) is 4.55 Å². The van der Waals surface area contributed by atoms with Crippen LogP contribution in [-0.2, 0) is 14.7 Å². The van der Waals surface area contributed by atoms with Crippen molar-refractivity contribution < 1.29 is 22.4 Å².